The zero-order chi connectivity index (χ0) is 18.7. The van der Waals surface area contributed by atoms with Crippen molar-refractivity contribution in [2.75, 3.05) is 0 Å². The fraction of sp³-hybridized carbons (Fsp3) is 0.118. The molecule has 0 aliphatic carbocycles. The van der Waals surface area contributed by atoms with Crippen LogP contribution in [0.25, 0.3) is 5.69 Å². The van der Waals surface area contributed by atoms with Gasteiger partial charge in [-0.1, -0.05) is 5.21 Å². The molecular weight excluding hydrogens is 368 g/mol. The molecule has 132 valence electrons. The van der Waals surface area contributed by atoms with E-state index in [9.17, 15) is 17.6 Å². The van der Waals surface area contributed by atoms with Crippen LogP contribution in [0.3, 0.4) is 0 Å². The first-order chi connectivity index (χ1) is 12.4. The molecule has 0 N–H and O–H groups in total. The zero-order valence-corrected chi connectivity index (χ0v) is 13.9. The molecule has 0 aliphatic rings. The fourth-order valence-corrected chi connectivity index (χ4v) is 2.96. The average Bonchev–Trinajstić information content (AvgIpc) is 3.09. The third-order valence-electron chi connectivity index (χ3n) is 3.43. The zero-order valence-electron chi connectivity index (χ0n) is 13.0. The quantitative estimate of drug-likeness (QED) is 0.492. The molecule has 0 bridgehead atoms. The minimum absolute atomic E-state index is 0.154. The molecule has 0 radical (unpaired) electrons. The largest absolute Gasteiger partial charge is 0.417 e. The Hall–Kier alpha value is -2.86. The Balaban J connectivity index is 1.79. The minimum Gasteiger partial charge on any atom is -0.220 e. The first kappa shape index (κ1) is 17.9. The van der Waals surface area contributed by atoms with Crippen LogP contribution in [0, 0.1) is 17.1 Å². The monoisotopic (exact) mass is 378 g/mol. The smallest absolute Gasteiger partial charge is 0.220 e. The molecule has 0 saturated heterocycles. The van der Waals surface area contributed by atoms with E-state index in [0.29, 0.717) is 11.4 Å². The molecule has 0 fully saturated rings. The van der Waals surface area contributed by atoms with E-state index in [2.05, 4.69) is 10.3 Å². The van der Waals surface area contributed by atoms with Gasteiger partial charge in [0.2, 0.25) is 0 Å². The van der Waals surface area contributed by atoms with Crippen LogP contribution >= 0.6 is 11.8 Å². The predicted octanol–water partition coefficient (Wildman–Crippen LogP) is 4.59. The van der Waals surface area contributed by atoms with Gasteiger partial charge in [0.1, 0.15) is 5.82 Å². The summed E-state index contributed by atoms with van der Waals surface area (Å²) in [7, 11) is 0. The standard InChI is InChI=1S/C17H10F4N4S/c18-12-2-5-15(6-3-12)26-10-13-9-25(24-23-13)14-4-1-11(8-22)16(7-14)17(19,20)21/h1-7,9H,10H2. The maximum absolute atomic E-state index is 13.0. The van der Waals surface area contributed by atoms with Crippen LogP contribution < -0.4 is 0 Å². The number of rotatable bonds is 4. The summed E-state index contributed by atoms with van der Waals surface area (Å²) in [6, 6.07) is 10.8. The maximum atomic E-state index is 13.0. The van der Waals surface area contributed by atoms with E-state index < -0.39 is 17.3 Å². The van der Waals surface area contributed by atoms with Crippen LogP contribution in [0.1, 0.15) is 16.8 Å². The third-order valence-corrected chi connectivity index (χ3v) is 4.48. The SMILES string of the molecule is N#Cc1ccc(-n2cc(CSc3ccc(F)cc3)nn2)cc1C(F)(F)F. The van der Waals surface area contributed by atoms with Gasteiger partial charge in [-0.05, 0) is 42.5 Å². The molecule has 3 rings (SSSR count). The van der Waals surface area contributed by atoms with Crippen LogP contribution in [-0.4, -0.2) is 15.0 Å². The lowest BCUT2D eigenvalue weighted by atomic mass is 10.1. The number of nitriles is 1. The Morgan fingerprint density at radius 1 is 1.12 bits per heavy atom. The van der Waals surface area contributed by atoms with Crippen molar-refractivity contribution in [2.24, 2.45) is 0 Å². The van der Waals surface area contributed by atoms with Gasteiger partial charge in [0, 0.05) is 10.6 Å². The van der Waals surface area contributed by atoms with Crippen LogP contribution in [0.15, 0.2) is 53.6 Å². The van der Waals surface area contributed by atoms with Gasteiger partial charge in [0.15, 0.2) is 0 Å². The molecule has 3 aromatic rings. The maximum Gasteiger partial charge on any atom is 0.417 e. The molecule has 26 heavy (non-hydrogen) atoms. The molecule has 0 spiro atoms. The molecule has 0 amide bonds. The summed E-state index contributed by atoms with van der Waals surface area (Å²) in [6.07, 6.45) is -3.12. The summed E-state index contributed by atoms with van der Waals surface area (Å²) in [5.41, 5.74) is -0.761. The number of thioether (sulfide) groups is 1. The molecule has 1 heterocycles. The second-order valence-corrected chi connectivity index (χ2v) is 6.29. The van der Waals surface area contributed by atoms with Crippen LogP contribution in [0.2, 0.25) is 0 Å². The Labute approximate surface area is 150 Å². The second-order valence-electron chi connectivity index (χ2n) is 5.24. The van der Waals surface area contributed by atoms with E-state index in [1.807, 2.05) is 0 Å². The number of hydrogen-bond acceptors (Lipinski definition) is 4. The van der Waals surface area contributed by atoms with Gasteiger partial charge in [-0.3, -0.25) is 0 Å². The molecule has 0 aliphatic heterocycles. The molecule has 1 aromatic heterocycles. The lowest BCUT2D eigenvalue weighted by Gasteiger charge is -2.10. The van der Waals surface area contributed by atoms with Crippen molar-refractivity contribution in [3.05, 3.63) is 71.3 Å². The highest BCUT2D eigenvalue weighted by Gasteiger charge is 2.34. The van der Waals surface area contributed by atoms with E-state index in [-0.39, 0.29) is 11.5 Å². The second kappa shape index (κ2) is 7.17. The number of halogens is 4. The fourth-order valence-electron chi connectivity index (χ4n) is 2.19. The third kappa shape index (κ3) is 4.03. The highest BCUT2D eigenvalue weighted by atomic mass is 32.2. The van der Waals surface area contributed by atoms with Crippen LogP contribution in [0.4, 0.5) is 17.6 Å². The van der Waals surface area contributed by atoms with Gasteiger partial charge in [0.25, 0.3) is 0 Å². The minimum atomic E-state index is -4.64. The van der Waals surface area contributed by atoms with E-state index in [4.69, 9.17) is 5.26 Å². The molecule has 0 unspecified atom stereocenters. The van der Waals surface area contributed by atoms with E-state index in [1.54, 1.807) is 12.1 Å². The summed E-state index contributed by atoms with van der Waals surface area (Å²) in [5.74, 6) is 0.0928. The first-order valence-corrected chi connectivity index (χ1v) is 8.26. The number of benzene rings is 2. The molecular formula is C17H10F4N4S. The van der Waals surface area contributed by atoms with Crippen molar-refractivity contribution in [1.29, 1.82) is 5.26 Å². The number of nitrogens with zero attached hydrogens (tertiary/aromatic N) is 4. The van der Waals surface area contributed by atoms with E-state index in [0.717, 1.165) is 17.0 Å². The Morgan fingerprint density at radius 2 is 1.85 bits per heavy atom. The molecule has 9 heteroatoms. The van der Waals surface area contributed by atoms with Crippen molar-refractivity contribution >= 4 is 11.8 Å². The molecule has 0 atom stereocenters. The summed E-state index contributed by atoms with van der Waals surface area (Å²) in [6.45, 7) is 0. The van der Waals surface area contributed by atoms with E-state index >= 15 is 0 Å². The Morgan fingerprint density at radius 3 is 2.50 bits per heavy atom. The van der Waals surface area contributed by atoms with Crippen molar-refractivity contribution in [2.45, 2.75) is 16.8 Å². The number of hydrogen-bond donors (Lipinski definition) is 0. The molecule has 4 nitrogen and oxygen atoms in total. The summed E-state index contributed by atoms with van der Waals surface area (Å²) >= 11 is 1.40. The van der Waals surface area contributed by atoms with Crippen LogP contribution in [-0.2, 0) is 11.9 Å². The van der Waals surface area contributed by atoms with Gasteiger partial charge in [-0.2, -0.15) is 18.4 Å². The highest BCUT2D eigenvalue weighted by Crippen LogP contribution is 2.33. The number of aromatic nitrogens is 3. The lowest BCUT2D eigenvalue weighted by Crippen LogP contribution is -2.09. The topological polar surface area (TPSA) is 54.5 Å². The van der Waals surface area contributed by atoms with Gasteiger partial charge < -0.3 is 0 Å². The van der Waals surface area contributed by atoms with Gasteiger partial charge in [0.05, 0.1) is 34.8 Å². The first-order valence-electron chi connectivity index (χ1n) is 7.28. The van der Waals surface area contributed by atoms with Crippen LogP contribution in [0.5, 0.6) is 0 Å². The van der Waals surface area contributed by atoms with E-state index in [1.165, 1.54) is 46.9 Å². The summed E-state index contributed by atoms with van der Waals surface area (Å²) in [4.78, 5) is 0.832. The normalized spacial score (nSPS) is 11.3. The highest BCUT2D eigenvalue weighted by molar-refractivity contribution is 7.98. The van der Waals surface area contributed by atoms with Crippen molar-refractivity contribution < 1.29 is 17.6 Å². The van der Waals surface area contributed by atoms with Gasteiger partial charge in [-0.25, -0.2) is 9.07 Å². The number of alkyl halides is 3. The van der Waals surface area contributed by atoms with Crippen molar-refractivity contribution in [3.8, 4) is 11.8 Å². The molecule has 2 aromatic carbocycles. The van der Waals surface area contributed by atoms with Crippen molar-refractivity contribution in [3.63, 3.8) is 0 Å². The Bertz CT molecular complexity index is 958. The summed E-state index contributed by atoms with van der Waals surface area (Å²) < 4.78 is 53.2. The van der Waals surface area contributed by atoms with Crippen molar-refractivity contribution in [1.82, 2.24) is 15.0 Å². The summed E-state index contributed by atoms with van der Waals surface area (Å²) in [5, 5.41) is 16.6. The Kier molecular flexibility index (Phi) is 4.95. The molecule has 0 saturated carbocycles. The lowest BCUT2D eigenvalue weighted by molar-refractivity contribution is -0.137. The van der Waals surface area contributed by atoms with Gasteiger partial charge in [-0.15, -0.1) is 16.9 Å². The predicted molar refractivity (Wildman–Crippen MR) is 87.0 cm³/mol. The average molecular weight is 378 g/mol. The van der Waals surface area contributed by atoms with Gasteiger partial charge >= 0.3 is 6.18 Å².